The first-order valence-electron chi connectivity index (χ1n) is 6.74. The lowest BCUT2D eigenvalue weighted by molar-refractivity contribution is -0.134. The van der Waals surface area contributed by atoms with Crippen molar-refractivity contribution in [2.24, 2.45) is 0 Å². The Morgan fingerprint density at radius 3 is 3.05 bits per heavy atom. The maximum absolute atomic E-state index is 12.3. The van der Waals surface area contributed by atoms with Crippen LogP contribution >= 0.6 is 0 Å². The fourth-order valence-electron chi connectivity index (χ4n) is 2.65. The number of aliphatic hydroxyl groups is 1. The van der Waals surface area contributed by atoms with Crippen molar-refractivity contribution in [1.29, 1.82) is 0 Å². The molecule has 0 saturated carbocycles. The highest BCUT2D eigenvalue weighted by atomic mass is 16.3. The molecule has 0 aliphatic carbocycles. The van der Waals surface area contributed by atoms with Crippen LogP contribution in [-0.4, -0.2) is 50.5 Å². The van der Waals surface area contributed by atoms with Crippen LogP contribution in [0.25, 0.3) is 11.0 Å². The summed E-state index contributed by atoms with van der Waals surface area (Å²) < 4.78 is 0. The number of H-pyrrole nitrogens is 1. The van der Waals surface area contributed by atoms with E-state index in [9.17, 15) is 14.7 Å². The molecule has 2 heterocycles. The van der Waals surface area contributed by atoms with Gasteiger partial charge in [-0.15, -0.1) is 0 Å². The van der Waals surface area contributed by atoms with E-state index in [1.807, 2.05) is 0 Å². The SMILES string of the molecule is CC(=O)N1C[C@H](O)C[C@@H]1C(=O)Nc1ccc2nc[nH]c2c1. The number of aromatic amines is 1. The van der Waals surface area contributed by atoms with E-state index in [1.54, 1.807) is 24.5 Å². The van der Waals surface area contributed by atoms with E-state index in [4.69, 9.17) is 0 Å². The van der Waals surface area contributed by atoms with Crippen LogP contribution in [0.2, 0.25) is 0 Å². The number of carbonyl (C=O) groups is 2. The monoisotopic (exact) mass is 288 g/mol. The van der Waals surface area contributed by atoms with E-state index in [2.05, 4.69) is 15.3 Å². The number of β-amino-alcohol motifs (C(OH)–C–C–N with tert-alkyl or cyclic N) is 1. The minimum absolute atomic E-state index is 0.201. The highest BCUT2D eigenvalue weighted by Gasteiger charge is 2.37. The highest BCUT2D eigenvalue weighted by molar-refractivity contribution is 5.98. The quantitative estimate of drug-likeness (QED) is 0.748. The molecule has 2 atom stereocenters. The van der Waals surface area contributed by atoms with Gasteiger partial charge in [0, 0.05) is 25.6 Å². The number of amides is 2. The van der Waals surface area contributed by atoms with Crippen LogP contribution in [0, 0.1) is 0 Å². The van der Waals surface area contributed by atoms with Gasteiger partial charge in [-0.1, -0.05) is 0 Å². The topological polar surface area (TPSA) is 98.3 Å². The Bertz CT molecular complexity index is 696. The lowest BCUT2D eigenvalue weighted by atomic mass is 10.1. The number of nitrogens with one attached hydrogen (secondary N) is 2. The number of hydrogen-bond acceptors (Lipinski definition) is 4. The van der Waals surface area contributed by atoms with Gasteiger partial charge in [0.15, 0.2) is 0 Å². The number of carbonyl (C=O) groups excluding carboxylic acids is 2. The molecule has 1 aliphatic rings. The van der Waals surface area contributed by atoms with Gasteiger partial charge in [0.25, 0.3) is 0 Å². The molecule has 0 bridgehead atoms. The van der Waals surface area contributed by atoms with Crippen LogP contribution < -0.4 is 5.32 Å². The Morgan fingerprint density at radius 2 is 2.29 bits per heavy atom. The molecule has 21 heavy (non-hydrogen) atoms. The van der Waals surface area contributed by atoms with Gasteiger partial charge >= 0.3 is 0 Å². The highest BCUT2D eigenvalue weighted by Crippen LogP contribution is 2.21. The van der Waals surface area contributed by atoms with Crippen molar-refractivity contribution >= 4 is 28.5 Å². The standard InChI is InChI=1S/C14H16N4O3/c1-8(19)18-6-10(20)5-13(18)14(21)17-9-2-3-11-12(4-9)16-7-15-11/h2-4,7,10,13,20H,5-6H2,1H3,(H,15,16)(H,17,21)/t10-,13-/m1/s1. The van der Waals surface area contributed by atoms with Gasteiger partial charge in [0.1, 0.15) is 6.04 Å². The van der Waals surface area contributed by atoms with E-state index in [-0.39, 0.29) is 24.8 Å². The van der Waals surface area contributed by atoms with Gasteiger partial charge in [-0.3, -0.25) is 9.59 Å². The minimum atomic E-state index is -0.653. The summed E-state index contributed by atoms with van der Waals surface area (Å²) in [6.45, 7) is 1.60. The Labute approximate surface area is 121 Å². The molecule has 1 aromatic heterocycles. The van der Waals surface area contributed by atoms with Crippen molar-refractivity contribution in [3.63, 3.8) is 0 Å². The van der Waals surface area contributed by atoms with Crippen molar-refractivity contribution in [3.05, 3.63) is 24.5 Å². The molecule has 1 saturated heterocycles. The summed E-state index contributed by atoms with van der Waals surface area (Å²) in [7, 11) is 0. The smallest absolute Gasteiger partial charge is 0.247 e. The Kier molecular flexibility index (Phi) is 3.34. The first-order chi connectivity index (χ1) is 10.0. The summed E-state index contributed by atoms with van der Waals surface area (Å²) in [5.74, 6) is -0.503. The maximum atomic E-state index is 12.3. The second-order valence-corrected chi connectivity index (χ2v) is 5.20. The van der Waals surface area contributed by atoms with Crippen LogP contribution in [0.5, 0.6) is 0 Å². The third-order valence-electron chi connectivity index (χ3n) is 3.67. The first kappa shape index (κ1) is 13.6. The van der Waals surface area contributed by atoms with E-state index in [1.165, 1.54) is 11.8 Å². The molecule has 1 aromatic carbocycles. The van der Waals surface area contributed by atoms with Gasteiger partial charge in [0.2, 0.25) is 11.8 Å². The number of aliphatic hydroxyl groups excluding tert-OH is 1. The van der Waals surface area contributed by atoms with Crippen molar-refractivity contribution in [3.8, 4) is 0 Å². The summed E-state index contributed by atoms with van der Waals surface area (Å²) in [4.78, 5) is 32.3. The summed E-state index contributed by atoms with van der Waals surface area (Å²) in [6, 6.07) is 4.71. The van der Waals surface area contributed by atoms with Crippen LogP contribution in [0.1, 0.15) is 13.3 Å². The molecule has 0 unspecified atom stereocenters. The van der Waals surface area contributed by atoms with Crippen LogP contribution in [-0.2, 0) is 9.59 Å². The van der Waals surface area contributed by atoms with Gasteiger partial charge < -0.3 is 20.3 Å². The number of likely N-dealkylation sites (tertiary alicyclic amines) is 1. The molecule has 1 fully saturated rings. The molecular weight excluding hydrogens is 272 g/mol. The molecule has 0 spiro atoms. The normalized spacial score (nSPS) is 21.7. The summed E-state index contributed by atoms with van der Waals surface area (Å²) in [5, 5.41) is 12.4. The minimum Gasteiger partial charge on any atom is -0.391 e. The molecule has 7 nitrogen and oxygen atoms in total. The molecule has 3 rings (SSSR count). The van der Waals surface area contributed by atoms with E-state index in [0.29, 0.717) is 5.69 Å². The molecular formula is C14H16N4O3. The van der Waals surface area contributed by atoms with Gasteiger partial charge in [-0.05, 0) is 18.2 Å². The molecule has 110 valence electrons. The average molecular weight is 288 g/mol. The van der Waals surface area contributed by atoms with Crippen molar-refractivity contribution in [2.45, 2.75) is 25.5 Å². The number of aromatic nitrogens is 2. The van der Waals surface area contributed by atoms with E-state index >= 15 is 0 Å². The largest absolute Gasteiger partial charge is 0.391 e. The molecule has 2 amide bonds. The summed E-state index contributed by atoms with van der Waals surface area (Å²) in [5.41, 5.74) is 2.26. The number of nitrogens with zero attached hydrogens (tertiary/aromatic N) is 2. The number of imidazole rings is 1. The lowest BCUT2D eigenvalue weighted by Gasteiger charge is -2.22. The summed E-state index contributed by atoms with van der Waals surface area (Å²) >= 11 is 0. The number of fused-ring (bicyclic) bond motifs is 1. The Morgan fingerprint density at radius 1 is 1.48 bits per heavy atom. The number of anilines is 1. The Balaban J connectivity index is 1.77. The average Bonchev–Trinajstić information content (AvgIpc) is 3.04. The zero-order chi connectivity index (χ0) is 15.0. The summed E-state index contributed by atoms with van der Waals surface area (Å²) in [6.07, 6.45) is 1.19. The van der Waals surface area contributed by atoms with Crippen molar-refractivity contribution in [2.75, 3.05) is 11.9 Å². The van der Waals surface area contributed by atoms with Gasteiger partial charge in [0.05, 0.1) is 23.5 Å². The van der Waals surface area contributed by atoms with Gasteiger partial charge in [-0.2, -0.15) is 0 Å². The molecule has 3 N–H and O–H groups in total. The molecule has 0 radical (unpaired) electrons. The first-order valence-corrected chi connectivity index (χ1v) is 6.74. The third-order valence-corrected chi connectivity index (χ3v) is 3.67. The van der Waals surface area contributed by atoms with Crippen molar-refractivity contribution < 1.29 is 14.7 Å². The number of rotatable bonds is 2. The van der Waals surface area contributed by atoms with Crippen LogP contribution in [0.4, 0.5) is 5.69 Å². The number of hydrogen-bond donors (Lipinski definition) is 3. The Hall–Kier alpha value is -2.41. The maximum Gasteiger partial charge on any atom is 0.247 e. The second kappa shape index (κ2) is 5.17. The molecule has 1 aliphatic heterocycles. The third kappa shape index (κ3) is 2.59. The number of benzene rings is 1. The molecule has 2 aromatic rings. The predicted octanol–water partition coefficient (Wildman–Crippen LogP) is 0.483. The van der Waals surface area contributed by atoms with Gasteiger partial charge in [-0.25, -0.2) is 4.98 Å². The molecule has 7 heteroatoms. The second-order valence-electron chi connectivity index (χ2n) is 5.20. The van der Waals surface area contributed by atoms with E-state index < -0.39 is 12.1 Å². The fourth-order valence-corrected chi connectivity index (χ4v) is 2.65. The van der Waals surface area contributed by atoms with E-state index in [0.717, 1.165) is 11.0 Å². The fraction of sp³-hybridized carbons (Fsp3) is 0.357. The van der Waals surface area contributed by atoms with Crippen molar-refractivity contribution in [1.82, 2.24) is 14.9 Å². The predicted molar refractivity (Wildman–Crippen MR) is 76.5 cm³/mol. The van der Waals surface area contributed by atoms with Crippen LogP contribution in [0.3, 0.4) is 0 Å². The zero-order valence-electron chi connectivity index (χ0n) is 11.5. The lowest BCUT2D eigenvalue weighted by Crippen LogP contribution is -2.42. The van der Waals surface area contributed by atoms with Crippen LogP contribution in [0.15, 0.2) is 24.5 Å². The zero-order valence-corrected chi connectivity index (χ0v) is 11.5.